The summed E-state index contributed by atoms with van der Waals surface area (Å²) in [6.07, 6.45) is 0. The Morgan fingerprint density at radius 3 is 2.72 bits per heavy atom. The van der Waals surface area contributed by atoms with Gasteiger partial charge in [-0.1, -0.05) is 26.0 Å². The normalized spacial score (nSPS) is 10.2. The van der Waals surface area contributed by atoms with Gasteiger partial charge >= 0.3 is 6.03 Å². The molecule has 0 saturated heterocycles. The van der Waals surface area contributed by atoms with Gasteiger partial charge in [-0.05, 0) is 12.0 Å². The molecule has 0 aliphatic carbocycles. The number of para-hydroxylation sites is 2. The van der Waals surface area contributed by atoms with Gasteiger partial charge in [0.2, 0.25) is 0 Å². The van der Waals surface area contributed by atoms with E-state index in [-0.39, 0.29) is 17.3 Å². The Morgan fingerprint density at radius 1 is 1.44 bits per heavy atom. The molecular weight excluding hydrogens is 238 g/mol. The lowest BCUT2D eigenvalue weighted by atomic mass is 10.2. The third-order valence-electron chi connectivity index (χ3n) is 1.93. The zero-order chi connectivity index (χ0) is 13.5. The van der Waals surface area contributed by atoms with E-state index >= 15 is 0 Å². The second kappa shape index (κ2) is 6.55. The number of amides is 2. The molecule has 0 spiro atoms. The molecule has 18 heavy (non-hydrogen) atoms. The molecule has 1 aromatic rings. The molecule has 0 aromatic heterocycles. The highest BCUT2D eigenvalue weighted by Gasteiger charge is 2.14. The van der Waals surface area contributed by atoms with Gasteiger partial charge in [0.25, 0.3) is 5.69 Å². The van der Waals surface area contributed by atoms with Crippen LogP contribution in [-0.2, 0) is 4.84 Å². The summed E-state index contributed by atoms with van der Waals surface area (Å²) in [5.74, 6) is 0.274. The van der Waals surface area contributed by atoms with E-state index in [9.17, 15) is 14.9 Å². The molecule has 2 amide bonds. The molecule has 0 aliphatic heterocycles. The summed E-state index contributed by atoms with van der Waals surface area (Å²) in [6.45, 7) is 4.23. The van der Waals surface area contributed by atoms with E-state index in [1.165, 1.54) is 18.2 Å². The quantitative estimate of drug-likeness (QED) is 0.622. The van der Waals surface area contributed by atoms with Crippen molar-refractivity contribution in [1.29, 1.82) is 0 Å². The smallest absolute Gasteiger partial charge is 0.300 e. The van der Waals surface area contributed by atoms with Crippen molar-refractivity contribution in [1.82, 2.24) is 5.48 Å². The summed E-state index contributed by atoms with van der Waals surface area (Å²) < 4.78 is 0. The van der Waals surface area contributed by atoms with Crippen molar-refractivity contribution in [3.63, 3.8) is 0 Å². The number of carbonyl (C=O) groups is 1. The van der Waals surface area contributed by atoms with Crippen LogP contribution in [0.3, 0.4) is 0 Å². The van der Waals surface area contributed by atoms with Crippen molar-refractivity contribution in [2.24, 2.45) is 5.92 Å². The predicted octanol–water partition coefficient (Wildman–Crippen LogP) is 2.30. The predicted molar refractivity (Wildman–Crippen MR) is 66.0 cm³/mol. The molecule has 98 valence electrons. The molecule has 0 saturated carbocycles. The molecule has 2 N–H and O–H groups in total. The summed E-state index contributed by atoms with van der Waals surface area (Å²) in [6, 6.07) is 5.23. The van der Waals surface area contributed by atoms with Crippen LogP contribution < -0.4 is 10.8 Å². The number of hydrogen-bond acceptors (Lipinski definition) is 4. The largest absolute Gasteiger partial charge is 0.343 e. The van der Waals surface area contributed by atoms with Gasteiger partial charge in [-0.2, -0.15) is 0 Å². The van der Waals surface area contributed by atoms with Crippen LogP contribution in [-0.4, -0.2) is 17.6 Å². The average molecular weight is 253 g/mol. The van der Waals surface area contributed by atoms with Crippen molar-refractivity contribution in [3.05, 3.63) is 34.4 Å². The average Bonchev–Trinajstić information content (AvgIpc) is 2.28. The van der Waals surface area contributed by atoms with Crippen LogP contribution in [0.2, 0.25) is 0 Å². The fourth-order valence-corrected chi connectivity index (χ4v) is 1.16. The monoisotopic (exact) mass is 253 g/mol. The van der Waals surface area contributed by atoms with Gasteiger partial charge in [-0.25, -0.2) is 10.3 Å². The molecule has 0 unspecified atom stereocenters. The maximum atomic E-state index is 11.4. The van der Waals surface area contributed by atoms with Crippen LogP contribution in [0.15, 0.2) is 24.3 Å². The molecule has 0 bridgehead atoms. The van der Waals surface area contributed by atoms with E-state index in [2.05, 4.69) is 10.8 Å². The standard InChI is InChI=1S/C11H15N3O4/c1-8(2)7-18-13-11(15)12-9-5-3-4-6-10(9)14(16)17/h3-6,8H,7H2,1-2H3,(H2,12,13,15). The van der Waals surface area contributed by atoms with Crippen molar-refractivity contribution in [2.75, 3.05) is 11.9 Å². The second-order valence-electron chi connectivity index (χ2n) is 4.04. The number of nitrogens with one attached hydrogen (secondary N) is 2. The zero-order valence-corrected chi connectivity index (χ0v) is 10.2. The van der Waals surface area contributed by atoms with Crippen LogP contribution in [0.5, 0.6) is 0 Å². The first-order valence-corrected chi connectivity index (χ1v) is 5.43. The molecule has 7 heteroatoms. The van der Waals surface area contributed by atoms with E-state index in [0.29, 0.717) is 6.61 Å². The minimum absolute atomic E-state index is 0.119. The zero-order valence-electron chi connectivity index (χ0n) is 10.2. The fourth-order valence-electron chi connectivity index (χ4n) is 1.16. The van der Waals surface area contributed by atoms with Crippen LogP contribution in [0.1, 0.15) is 13.8 Å². The third kappa shape index (κ3) is 4.38. The number of hydrogen-bond donors (Lipinski definition) is 2. The lowest BCUT2D eigenvalue weighted by molar-refractivity contribution is -0.383. The van der Waals surface area contributed by atoms with Gasteiger partial charge in [-0.3, -0.25) is 15.0 Å². The minimum Gasteiger partial charge on any atom is -0.300 e. The molecule has 1 rings (SSSR count). The fraction of sp³-hybridized carbons (Fsp3) is 0.364. The van der Waals surface area contributed by atoms with E-state index in [1.54, 1.807) is 6.07 Å². The SMILES string of the molecule is CC(C)CONC(=O)Nc1ccccc1[N+](=O)[O-]. The van der Waals surface area contributed by atoms with Crippen molar-refractivity contribution in [2.45, 2.75) is 13.8 Å². The number of carbonyl (C=O) groups excluding carboxylic acids is 1. The molecule has 0 aliphatic rings. The highest BCUT2D eigenvalue weighted by Crippen LogP contribution is 2.22. The second-order valence-corrected chi connectivity index (χ2v) is 4.04. The van der Waals surface area contributed by atoms with Crippen LogP contribution in [0, 0.1) is 16.0 Å². The Hall–Kier alpha value is -2.15. The molecule has 7 nitrogen and oxygen atoms in total. The maximum absolute atomic E-state index is 11.4. The summed E-state index contributed by atoms with van der Waals surface area (Å²) >= 11 is 0. The highest BCUT2D eigenvalue weighted by molar-refractivity contribution is 5.91. The van der Waals surface area contributed by atoms with Crippen molar-refractivity contribution >= 4 is 17.4 Å². The van der Waals surface area contributed by atoms with E-state index in [1.807, 2.05) is 13.8 Å². The Balaban J connectivity index is 2.56. The molecule has 0 fully saturated rings. The van der Waals surface area contributed by atoms with Crippen molar-refractivity contribution in [3.8, 4) is 0 Å². The van der Waals surface area contributed by atoms with Crippen LogP contribution in [0.4, 0.5) is 16.2 Å². The molecule has 0 atom stereocenters. The summed E-state index contributed by atoms with van der Waals surface area (Å²) in [5.41, 5.74) is 2.10. The number of anilines is 1. The Kier molecular flexibility index (Phi) is 5.06. The van der Waals surface area contributed by atoms with Gasteiger partial charge in [0.15, 0.2) is 0 Å². The molecule has 1 aromatic carbocycles. The number of nitrogens with zero attached hydrogens (tertiary/aromatic N) is 1. The third-order valence-corrected chi connectivity index (χ3v) is 1.93. The van der Waals surface area contributed by atoms with Gasteiger partial charge in [-0.15, -0.1) is 0 Å². The Bertz CT molecular complexity index is 434. The minimum atomic E-state index is -0.648. The van der Waals surface area contributed by atoms with Crippen molar-refractivity contribution < 1.29 is 14.6 Å². The number of hydroxylamine groups is 1. The highest BCUT2D eigenvalue weighted by atomic mass is 16.7. The summed E-state index contributed by atoms with van der Waals surface area (Å²) in [5, 5.41) is 13.1. The molecular formula is C11H15N3O4. The first-order valence-electron chi connectivity index (χ1n) is 5.43. The van der Waals surface area contributed by atoms with Gasteiger partial charge in [0, 0.05) is 6.07 Å². The first-order chi connectivity index (χ1) is 8.50. The number of nitro benzene ring substituents is 1. The lowest BCUT2D eigenvalue weighted by Crippen LogP contribution is -2.30. The topological polar surface area (TPSA) is 93.5 Å². The van der Waals surface area contributed by atoms with Crippen LogP contribution in [0.25, 0.3) is 0 Å². The number of rotatable bonds is 5. The Morgan fingerprint density at radius 2 is 2.11 bits per heavy atom. The summed E-state index contributed by atoms with van der Waals surface area (Å²) in [7, 11) is 0. The molecule has 0 heterocycles. The maximum Gasteiger partial charge on any atom is 0.343 e. The summed E-state index contributed by atoms with van der Waals surface area (Å²) in [4.78, 5) is 26.4. The van der Waals surface area contributed by atoms with E-state index in [4.69, 9.17) is 4.84 Å². The number of urea groups is 1. The van der Waals surface area contributed by atoms with E-state index < -0.39 is 11.0 Å². The lowest BCUT2D eigenvalue weighted by Gasteiger charge is -2.09. The van der Waals surface area contributed by atoms with Gasteiger partial charge in [0.05, 0.1) is 11.5 Å². The number of nitro groups is 1. The Labute approximate surface area is 104 Å². The van der Waals surface area contributed by atoms with Gasteiger partial charge in [0.1, 0.15) is 5.69 Å². The first kappa shape index (κ1) is 13.9. The van der Waals surface area contributed by atoms with Gasteiger partial charge < -0.3 is 5.32 Å². The van der Waals surface area contributed by atoms with Crippen LogP contribution >= 0.6 is 0 Å². The van der Waals surface area contributed by atoms with E-state index in [0.717, 1.165) is 0 Å². The number of benzene rings is 1. The molecule has 0 radical (unpaired) electrons.